The van der Waals surface area contributed by atoms with E-state index in [-0.39, 0.29) is 6.61 Å². The Labute approximate surface area is 46.0 Å². The predicted octanol–water partition coefficient (Wildman–Crippen LogP) is -0.138. The van der Waals surface area contributed by atoms with Crippen molar-refractivity contribution < 1.29 is 19.4 Å². The third-order valence-corrected chi connectivity index (χ3v) is 0.761. The van der Waals surface area contributed by atoms with Crippen LogP contribution in [0.1, 0.15) is 6.92 Å². The van der Waals surface area contributed by atoms with E-state index in [9.17, 15) is 4.79 Å². The molecule has 0 amide bonds. The standard InChI is InChI=1S/C4H6O4/c1-4(6)2-7-3(5)8-4/h6H,2H2,1H3. The highest BCUT2D eigenvalue weighted by molar-refractivity contribution is 5.62. The Bertz CT molecular complexity index is 117. The molecular weight excluding hydrogens is 112 g/mol. The van der Waals surface area contributed by atoms with Gasteiger partial charge >= 0.3 is 6.16 Å². The third-order valence-electron chi connectivity index (χ3n) is 0.761. The molecule has 4 nitrogen and oxygen atoms in total. The molecule has 46 valence electrons. The maximum absolute atomic E-state index is 10.1. The zero-order valence-corrected chi connectivity index (χ0v) is 4.38. The van der Waals surface area contributed by atoms with E-state index in [2.05, 4.69) is 9.47 Å². The average Bonchev–Trinajstić information content (AvgIpc) is 1.82. The van der Waals surface area contributed by atoms with Crippen LogP contribution in [0.25, 0.3) is 0 Å². The minimum atomic E-state index is -1.41. The van der Waals surface area contributed by atoms with E-state index < -0.39 is 11.9 Å². The highest BCUT2D eigenvalue weighted by Gasteiger charge is 2.34. The van der Waals surface area contributed by atoms with Crippen molar-refractivity contribution >= 4 is 6.16 Å². The second-order valence-corrected chi connectivity index (χ2v) is 1.82. The summed E-state index contributed by atoms with van der Waals surface area (Å²) in [6.45, 7) is 1.28. The largest absolute Gasteiger partial charge is 0.511 e. The SMILES string of the molecule is CC1(O)COC(=O)O1. The summed E-state index contributed by atoms with van der Waals surface area (Å²) < 4.78 is 8.50. The molecule has 1 rings (SSSR count). The summed E-state index contributed by atoms with van der Waals surface area (Å²) in [6, 6.07) is 0. The molecule has 0 aromatic heterocycles. The van der Waals surface area contributed by atoms with Crippen LogP contribution >= 0.6 is 0 Å². The van der Waals surface area contributed by atoms with Gasteiger partial charge in [-0.1, -0.05) is 0 Å². The van der Waals surface area contributed by atoms with Crippen molar-refractivity contribution in [3.05, 3.63) is 0 Å². The zero-order valence-electron chi connectivity index (χ0n) is 4.38. The molecule has 0 aromatic rings. The zero-order chi connectivity index (χ0) is 6.20. The van der Waals surface area contributed by atoms with Crippen molar-refractivity contribution in [2.24, 2.45) is 0 Å². The summed E-state index contributed by atoms with van der Waals surface area (Å²) in [7, 11) is 0. The van der Waals surface area contributed by atoms with Gasteiger partial charge in [-0.05, 0) is 0 Å². The Hall–Kier alpha value is -0.770. The summed E-state index contributed by atoms with van der Waals surface area (Å²) in [5.74, 6) is -1.41. The number of aliphatic hydroxyl groups is 1. The molecule has 8 heavy (non-hydrogen) atoms. The minimum absolute atomic E-state index is 0.0775. The minimum Gasteiger partial charge on any atom is -0.427 e. The lowest BCUT2D eigenvalue weighted by molar-refractivity contribution is -0.116. The third kappa shape index (κ3) is 0.894. The maximum atomic E-state index is 10.1. The number of hydrogen-bond donors (Lipinski definition) is 1. The van der Waals surface area contributed by atoms with Crippen molar-refractivity contribution in [1.82, 2.24) is 0 Å². The van der Waals surface area contributed by atoms with Gasteiger partial charge in [-0.15, -0.1) is 0 Å². The number of carbonyl (C=O) groups excluding carboxylic acids is 1. The van der Waals surface area contributed by atoms with Crippen LogP contribution in [0.4, 0.5) is 4.79 Å². The molecule has 0 aliphatic carbocycles. The molecule has 0 radical (unpaired) electrons. The van der Waals surface area contributed by atoms with Crippen LogP contribution in [-0.2, 0) is 9.47 Å². The van der Waals surface area contributed by atoms with Gasteiger partial charge in [0.1, 0.15) is 0 Å². The lowest BCUT2D eigenvalue weighted by Gasteiger charge is -2.08. The molecule has 0 spiro atoms. The number of ether oxygens (including phenoxy) is 2. The highest BCUT2D eigenvalue weighted by Crippen LogP contribution is 2.14. The van der Waals surface area contributed by atoms with E-state index in [1.54, 1.807) is 0 Å². The van der Waals surface area contributed by atoms with Gasteiger partial charge in [-0.25, -0.2) is 4.79 Å². The van der Waals surface area contributed by atoms with Crippen molar-refractivity contribution in [3.8, 4) is 0 Å². The van der Waals surface area contributed by atoms with Gasteiger partial charge < -0.3 is 14.6 Å². The van der Waals surface area contributed by atoms with Gasteiger partial charge in [0.2, 0.25) is 5.79 Å². The van der Waals surface area contributed by atoms with Gasteiger partial charge in [-0.3, -0.25) is 0 Å². The van der Waals surface area contributed by atoms with E-state index in [0.29, 0.717) is 0 Å². The average molecular weight is 118 g/mol. The number of carbonyl (C=O) groups is 1. The molecule has 4 heteroatoms. The fourth-order valence-corrected chi connectivity index (χ4v) is 0.431. The van der Waals surface area contributed by atoms with Crippen molar-refractivity contribution in [2.75, 3.05) is 6.61 Å². The van der Waals surface area contributed by atoms with Crippen molar-refractivity contribution in [1.29, 1.82) is 0 Å². The summed E-state index contributed by atoms with van der Waals surface area (Å²) in [4.78, 5) is 10.1. The van der Waals surface area contributed by atoms with Crippen molar-refractivity contribution in [3.63, 3.8) is 0 Å². The van der Waals surface area contributed by atoms with E-state index >= 15 is 0 Å². The van der Waals surface area contributed by atoms with E-state index in [1.165, 1.54) is 6.92 Å². The molecule has 1 atom stereocenters. The second-order valence-electron chi connectivity index (χ2n) is 1.82. The van der Waals surface area contributed by atoms with E-state index in [1.807, 2.05) is 0 Å². The number of hydrogen-bond acceptors (Lipinski definition) is 4. The first-order chi connectivity index (χ1) is 3.60. The molecule has 1 aliphatic rings. The maximum Gasteiger partial charge on any atom is 0.511 e. The highest BCUT2D eigenvalue weighted by atomic mass is 16.8. The molecule has 0 aromatic carbocycles. The van der Waals surface area contributed by atoms with Crippen LogP contribution < -0.4 is 0 Å². The molecule has 1 N–H and O–H groups in total. The van der Waals surface area contributed by atoms with Gasteiger partial charge in [0.15, 0.2) is 6.61 Å². The molecular formula is C4H6O4. The van der Waals surface area contributed by atoms with Crippen LogP contribution in [0.15, 0.2) is 0 Å². The second kappa shape index (κ2) is 1.35. The molecule has 1 unspecified atom stereocenters. The molecule has 0 saturated carbocycles. The topological polar surface area (TPSA) is 55.8 Å². The lowest BCUT2D eigenvalue weighted by Crippen LogP contribution is -2.25. The first-order valence-electron chi connectivity index (χ1n) is 2.18. The molecule has 0 bridgehead atoms. The van der Waals surface area contributed by atoms with Gasteiger partial charge in [0, 0.05) is 6.92 Å². The summed E-state index contributed by atoms with van der Waals surface area (Å²) in [6.07, 6.45) is -0.810. The molecule has 1 saturated heterocycles. The molecule has 1 fully saturated rings. The summed E-state index contributed by atoms with van der Waals surface area (Å²) in [5, 5.41) is 8.80. The first kappa shape index (κ1) is 5.37. The van der Waals surface area contributed by atoms with Crippen LogP contribution in [0.5, 0.6) is 0 Å². The Morgan fingerprint density at radius 1 is 1.88 bits per heavy atom. The Morgan fingerprint density at radius 3 is 2.62 bits per heavy atom. The molecule has 1 heterocycles. The Morgan fingerprint density at radius 2 is 2.50 bits per heavy atom. The fourth-order valence-electron chi connectivity index (χ4n) is 0.431. The Kier molecular flexibility index (Phi) is 0.907. The van der Waals surface area contributed by atoms with Crippen molar-refractivity contribution in [2.45, 2.75) is 12.7 Å². The smallest absolute Gasteiger partial charge is 0.427 e. The fraction of sp³-hybridized carbons (Fsp3) is 0.750. The van der Waals surface area contributed by atoms with Gasteiger partial charge in [0.25, 0.3) is 0 Å². The molecule has 1 aliphatic heterocycles. The summed E-state index contributed by atoms with van der Waals surface area (Å²) >= 11 is 0. The van der Waals surface area contributed by atoms with Crippen LogP contribution in [0, 0.1) is 0 Å². The first-order valence-corrected chi connectivity index (χ1v) is 2.18. The number of rotatable bonds is 0. The predicted molar refractivity (Wildman–Crippen MR) is 23.1 cm³/mol. The van der Waals surface area contributed by atoms with Crippen LogP contribution in [0.2, 0.25) is 0 Å². The number of cyclic esters (lactones) is 2. The monoisotopic (exact) mass is 118 g/mol. The normalized spacial score (nSPS) is 36.5. The quantitative estimate of drug-likeness (QED) is 0.450. The van der Waals surface area contributed by atoms with E-state index in [4.69, 9.17) is 5.11 Å². The van der Waals surface area contributed by atoms with E-state index in [0.717, 1.165) is 0 Å². The summed E-state index contributed by atoms with van der Waals surface area (Å²) in [5.41, 5.74) is 0. The van der Waals surface area contributed by atoms with Gasteiger partial charge in [-0.2, -0.15) is 0 Å². The Balaban J connectivity index is 2.56. The van der Waals surface area contributed by atoms with Crippen LogP contribution in [0.3, 0.4) is 0 Å². The van der Waals surface area contributed by atoms with Crippen LogP contribution in [-0.4, -0.2) is 23.7 Å². The van der Waals surface area contributed by atoms with Gasteiger partial charge in [0.05, 0.1) is 0 Å². The lowest BCUT2D eigenvalue weighted by atomic mass is 10.4.